The van der Waals surface area contributed by atoms with Gasteiger partial charge in [-0.3, -0.25) is 0 Å². The minimum Gasteiger partial charge on any atom is -0.493 e. The summed E-state index contributed by atoms with van der Waals surface area (Å²) in [6.07, 6.45) is 0. The smallest absolute Gasteiger partial charge is 0.339 e. The Morgan fingerprint density at radius 2 is 1.61 bits per heavy atom. The molecular weight excluding hydrogens is 314 g/mol. The van der Waals surface area contributed by atoms with E-state index in [9.17, 15) is 8.42 Å². The van der Waals surface area contributed by atoms with Gasteiger partial charge in [0.2, 0.25) is 0 Å². The molecule has 0 saturated carbocycles. The fraction of sp³-hybridized carbons (Fsp3) is 0.235. The summed E-state index contributed by atoms with van der Waals surface area (Å²) in [5.74, 6) is 0.237. The Morgan fingerprint density at radius 3 is 2.13 bits per heavy atom. The molecule has 2 rings (SSSR count). The normalized spacial score (nSPS) is 10.9. The quantitative estimate of drug-likeness (QED) is 0.804. The van der Waals surface area contributed by atoms with E-state index in [-0.39, 0.29) is 16.4 Å². The Balaban J connectivity index is 2.50. The molecule has 0 atom stereocenters. The highest BCUT2D eigenvalue weighted by atomic mass is 32.2. The lowest BCUT2D eigenvalue weighted by molar-refractivity contribution is 0.390. The summed E-state index contributed by atoms with van der Waals surface area (Å²) in [6.45, 7) is 5.36. The minimum absolute atomic E-state index is 0.0471. The third-order valence-electron chi connectivity index (χ3n) is 3.35. The fourth-order valence-corrected chi connectivity index (χ4v) is 3.89. The van der Waals surface area contributed by atoms with Crippen molar-refractivity contribution in [3.63, 3.8) is 0 Å². The van der Waals surface area contributed by atoms with Crippen LogP contribution in [0.5, 0.6) is 11.5 Å². The third kappa shape index (κ3) is 3.46. The van der Waals surface area contributed by atoms with E-state index < -0.39 is 10.1 Å². The Morgan fingerprint density at radius 1 is 1.00 bits per heavy atom. The molecule has 0 unspecified atom stereocenters. The van der Waals surface area contributed by atoms with Crippen LogP contribution in [0.25, 0.3) is 0 Å². The molecular formula is C17H17NO4S. The second-order valence-electron chi connectivity index (χ2n) is 5.24. The number of nitriles is 1. The first-order chi connectivity index (χ1) is 10.8. The van der Waals surface area contributed by atoms with Crippen molar-refractivity contribution in [1.29, 1.82) is 5.26 Å². The number of hydrogen-bond donors (Lipinski definition) is 0. The number of ether oxygens (including phenoxy) is 1. The van der Waals surface area contributed by atoms with Gasteiger partial charge in [-0.25, -0.2) is 0 Å². The number of aryl methyl sites for hydroxylation is 3. The predicted molar refractivity (Wildman–Crippen MR) is 86.2 cm³/mol. The molecule has 0 aliphatic rings. The van der Waals surface area contributed by atoms with Crippen LogP contribution in [0.1, 0.15) is 22.3 Å². The van der Waals surface area contributed by atoms with Gasteiger partial charge in [0, 0.05) is 6.07 Å². The third-order valence-corrected chi connectivity index (χ3v) is 4.89. The Hall–Kier alpha value is -2.52. The van der Waals surface area contributed by atoms with Crippen molar-refractivity contribution < 1.29 is 17.3 Å². The van der Waals surface area contributed by atoms with E-state index in [0.717, 1.165) is 5.56 Å². The summed E-state index contributed by atoms with van der Waals surface area (Å²) < 4.78 is 35.6. The summed E-state index contributed by atoms with van der Waals surface area (Å²) >= 11 is 0. The van der Waals surface area contributed by atoms with Crippen LogP contribution in [0, 0.1) is 32.1 Å². The van der Waals surface area contributed by atoms with Gasteiger partial charge < -0.3 is 8.92 Å². The summed E-state index contributed by atoms with van der Waals surface area (Å²) in [5, 5.41) is 8.89. The summed E-state index contributed by atoms with van der Waals surface area (Å²) in [4.78, 5) is 0.148. The standard InChI is InChI=1S/C17H17NO4S/c1-11-7-12(2)17(13(3)8-11)23(19,20)22-15-6-5-14(10-18)9-16(15)21-4/h5-9H,1-4H3. The van der Waals surface area contributed by atoms with Gasteiger partial charge in [0.25, 0.3) is 0 Å². The SMILES string of the molecule is COc1cc(C#N)ccc1OS(=O)(=O)c1c(C)cc(C)cc1C. The zero-order chi connectivity index (χ0) is 17.2. The van der Waals surface area contributed by atoms with Crippen LogP contribution in [0.2, 0.25) is 0 Å². The van der Waals surface area contributed by atoms with Gasteiger partial charge in [-0.2, -0.15) is 13.7 Å². The Bertz CT molecular complexity index is 872. The highest BCUT2D eigenvalue weighted by Crippen LogP contribution is 2.32. The van der Waals surface area contributed by atoms with Crippen LogP contribution in [0.3, 0.4) is 0 Å². The van der Waals surface area contributed by atoms with E-state index in [1.54, 1.807) is 26.0 Å². The number of rotatable bonds is 4. The van der Waals surface area contributed by atoms with Crippen molar-refractivity contribution in [2.45, 2.75) is 25.7 Å². The van der Waals surface area contributed by atoms with E-state index >= 15 is 0 Å². The van der Waals surface area contributed by atoms with Crippen LogP contribution in [-0.4, -0.2) is 15.5 Å². The van der Waals surface area contributed by atoms with E-state index in [0.29, 0.717) is 16.7 Å². The zero-order valence-corrected chi connectivity index (χ0v) is 14.2. The maximum atomic E-state index is 12.6. The van der Waals surface area contributed by atoms with Gasteiger partial charge in [0.05, 0.1) is 18.7 Å². The van der Waals surface area contributed by atoms with E-state index in [2.05, 4.69) is 0 Å². The molecule has 5 nitrogen and oxygen atoms in total. The molecule has 0 N–H and O–H groups in total. The fourth-order valence-electron chi connectivity index (χ4n) is 2.53. The van der Waals surface area contributed by atoms with E-state index in [1.807, 2.05) is 13.0 Å². The zero-order valence-electron chi connectivity index (χ0n) is 13.4. The molecule has 0 aliphatic heterocycles. The first kappa shape index (κ1) is 16.8. The van der Waals surface area contributed by atoms with Crippen LogP contribution >= 0.6 is 0 Å². The van der Waals surface area contributed by atoms with Crippen molar-refractivity contribution in [1.82, 2.24) is 0 Å². The number of benzene rings is 2. The number of methoxy groups -OCH3 is 1. The molecule has 0 bridgehead atoms. The second-order valence-corrected chi connectivity index (χ2v) is 6.73. The Labute approximate surface area is 136 Å². The molecule has 0 aliphatic carbocycles. The lowest BCUT2D eigenvalue weighted by Gasteiger charge is -2.14. The lowest BCUT2D eigenvalue weighted by atomic mass is 10.1. The molecule has 0 saturated heterocycles. The molecule has 0 radical (unpaired) electrons. The highest BCUT2D eigenvalue weighted by Gasteiger charge is 2.24. The van der Waals surface area contributed by atoms with Crippen molar-refractivity contribution in [3.8, 4) is 17.6 Å². The monoisotopic (exact) mass is 331 g/mol. The lowest BCUT2D eigenvalue weighted by Crippen LogP contribution is -2.13. The molecule has 0 heterocycles. The molecule has 0 amide bonds. The van der Waals surface area contributed by atoms with Crippen LogP contribution < -0.4 is 8.92 Å². The highest BCUT2D eigenvalue weighted by molar-refractivity contribution is 7.87. The largest absolute Gasteiger partial charge is 0.493 e. The summed E-state index contributed by atoms with van der Waals surface area (Å²) in [6, 6.07) is 9.86. The van der Waals surface area contributed by atoms with Crippen LogP contribution in [0.4, 0.5) is 0 Å². The molecule has 6 heteroatoms. The molecule has 0 aromatic heterocycles. The minimum atomic E-state index is -4.01. The average Bonchev–Trinajstić information content (AvgIpc) is 2.45. The predicted octanol–water partition coefficient (Wildman–Crippen LogP) is 3.26. The maximum Gasteiger partial charge on any atom is 0.339 e. The first-order valence-corrected chi connectivity index (χ1v) is 8.30. The van der Waals surface area contributed by atoms with Crippen molar-refractivity contribution >= 4 is 10.1 Å². The van der Waals surface area contributed by atoms with Crippen molar-refractivity contribution in [2.24, 2.45) is 0 Å². The number of hydrogen-bond acceptors (Lipinski definition) is 5. The molecule has 2 aromatic rings. The molecule has 2 aromatic carbocycles. The summed E-state index contributed by atoms with van der Waals surface area (Å²) in [5.41, 5.74) is 2.58. The van der Waals surface area contributed by atoms with Gasteiger partial charge in [0.15, 0.2) is 11.5 Å². The van der Waals surface area contributed by atoms with E-state index in [1.165, 1.54) is 25.3 Å². The molecule has 0 spiro atoms. The van der Waals surface area contributed by atoms with Crippen molar-refractivity contribution in [3.05, 3.63) is 52.6 Å². The van der Waals surface area contributed by atoms with Gasteiger partial charge in [0.1, 0.15) is 4.90 Å². The maximum absolute atomic E-state index is 12.6. The Kier molecular flexibility index (Phi) is 4.62. The second kappa shape index (κ2) is 6.31. The first-order valence-electron chi connectivity index (χ1n) is 6.89. The molecule has 0 fully saturated rings. The van der Waals surface area contributed by atoms with E-state index in [4.69, 9.17) is 14.2 Å². The number of nitrogens with zero attached hydrogens (tertiary/aromatic N) is 1. The molecule has 23 heavy (non-hydrogen) atoms. The van der Waals surface area contributed by atoms with Crippen molar-refractivity contribution in [2.75, 3.05) is 7.11 Å². The van der Waals surface area contributed by atoms with Gasteiger partial charge in [-0.05, 0) is 44.0 Å². The summed E-state index contributed by atoms with van der Waals surface area (Å²) in [7, 11) is -2.62. The topological polar surface area (TPSA) is 76.4 Å². The molecule has 120 valence electrons. The van der Waals surface area contributed by atoms with Crippen LogP contribution in [0.15, 0.2) is 35.2 Å². The van der Waals surface area contributed by atoms with Crippen LogP contribution in [-0.2, 0) is 10.1 Å². The van der Waals surface area contributed by atoms with Gasteiger partial charge in [-0.15, -0.1) is 0 Å². The van der Waals surface area contributed by atoms with Gasteiger partial charge >= 0.3 is 10.1 Å². The van der Waals surface area contributed by atoms with Gasteiger partial charge in [-0.1, -0.05) is 17.7 Å². The average molecular weight is 331 g/mol.